The van der Waals surface area contributed by atoms with Gasteiger partial charge in [0.1, 0.15) is 0 Å². The zero-order valence-electron chi connectivity index (χ0n) is 20.2. The molecule has 1 aromatic heterocycles. The number of thiazole rings is 1. The van der Waals surface area contributed by atoms with Crippen molar-refractivity contribution in [1.29, 1.82) is 0 Å². The molecule has 0 aliphatic carbocycles. The second-order valence-electron chi connectivity index (χ2n) is 8.97. The highest BCUT2D eigenvalue weighted by atomic mass is 32.1. The molecule has 0 saturated heterocycles. The fourth-order valence-electron chi connectivity index (χ4n) is 4.10. The Hall–Kier alpha value is -3.45. The molecule has 6 nitrogen and oxygen atoms in total. The lowest BCUT2D eigenvalue weighted by atomic mass is 9.94. The first-order valence-electron chi connectivity index (χ1n) is 11.3. The van der Waals surface area contributed by atoms with Crippen molar-refractivity contribution in [3.8, 4) is 5.88 Å². The van der Waals surface area contributed by atoms with Gasteiger partial charge in [-0.15, -0.1) is 0 Å². The molecular weight excluding hydrogens is 534 g/mol. The molecule has 0 fully saturated rings. The highest BCUT2D eigenvalue weighted by molar-refractivity contribution is 7.10. The number of alkyl halides is 6. The molecule has 0 spiro atoms. The lowest BCUT2D eigenvalue weighted by molar-refractivity contribution is -0.143. The van der Waals surface area contributed by atoms with Crippen LogP contribution in [0.1, 0.15) is 33.6 Å². The standard InChI is InChI=1S/C25H22F6N4O2S/c1-34(2)8-3-9-35-22(36)21(38-23(35)37)18(14-5-7-20-16(10-14)13-32-33-20)11-15-4-6-17(24(26,27)28)12-19(15)25(29,30)31/h4-7,10,12-13,36H,3,8-9,11H2,1-2H3. The summed E-state index contributed by atoms with van der Waals surface area (Å²) in [6.45, 7) is 0.804. The van der Waals surface area contributed by atoms with E-state index in [4.69, 9.17) is 0 Å². The van der Waals surface area contributed by atoms with E-state index in [2.05, 4.69) is 10.2 Å². The van der Waals surface area contributed by atoms with Crippen molar-refractivity contribution >= 4 is 23.1 Å². The minimum Gasteiger partial charge on any atom is -0.493 e. The minimum absolute atomic E-state index is 0.0414. The van der Waals surface area contributed by atoms with Gasteiger partial charge in [0.15, 0.2) is 0 Å². The molecule has 38 heavy (non-hydrogen) atoms. The van der Waals surface area contributed by atoms with Crippen LogP contribution in [0.5, 0.6) is 5.88 Å². The van der Waals surface area contributed by atoms with E-state index >= 15 is 0 Å². The van der Waals surface area contributed by atoms with Gasteiger partial charge in [-0.25, -0.2) is 0 Å². The number of benzene rings is 2. The Labute approximate surface area is 216 Å². The van der Waals surface area contributed by atoms with E-state index in [1.807, 2.05) is 19.0 Å². The van der Waals surface area contributed by atoms with Crippen LogP contribution in [0, 0.1) is 0 Å². The molecule has 2 heterocycles. The summed E-state index contributed by atoms with van der Waals surface area (Å²) in [5, 5.41) is 19.6. The van der Waals surface area contributed by atoms with Crippen LogP contribution in [0.3, 0.4) is 0 Å². The Bertz CT molecular complexity index is 1570. The Morgan fingerprint density at radius 1 is 1.05 bits per heavy atom. The number of aromatic nitrogens is 1. The van der Waals surface area contributed by atoms with Gasteiger partial charge in [-0.2, -0.15) is 36.5 Å². The van der Waals surface area contributed by atoms with Crippen molar-refractivity contribution in [3.63, 3.8) is 0 Å². The van der Waals surface area contributed by atoms with Crippen LogP contribution in [-0.2, 0) is 25.3 Å². The third-order valence-corrected chi connectivity index (χ3v) is 7.01. The molecule has 3 aromatic rings. The number of halogens is 6. The zero-order chi connectivity index (χ0) is 27.8. The van der Waals surface area contributed by atoms with E-state index in [1.54, 1.807) is 18.2 Å². The molecule has 0 atom stereocenters. The third kappa shape index (κ3) is 5.83. The van der Waals surface area contributed by atoms with E-state index in [-0.39, 0.29) is 23.1 Å². The van der Waals surface area contributed by atoms with Gasteiger partial charge < -0.3 is 10.0 Å². The van der Waals surface area contributed by atoms with E-state index in [0.717, 1.165) is 10.6 Å². The maximum atomic E-state index is 13.9. The molecule has 13 heteroatoms. The summed E-state index contributed by atoms with van der Waals surface area (Å²) in [7, 11) is 3.69. The number of rotatable bonds is 7. The molecule has 1 aliphatic rings. The highest BCUT2D eigenvalue weighted by Crippen LogP contribution is 2.39. The van der Waals surface area contributed by atoms with Gasteiger partial charge >= 0.3 is 17.2 Å². The van der Waals surface area contributed by atoms with Crippen LogP contribution in [-0.4, -0.2) is 41.4 Å². The predicted octanol–water partition coefficient (Wildman–Crippen LogP) is 4.01. The van der Waals surface area contributed by atoms with E-state index in [0.29, 0.717) is 46.5 Å². The van der Waals surface area contributed by atoms with Crippen molar-refractivity contribution in [1.82, 2.24) is 9.47 Å². The molecule has 0 saturated carbocycles. The van der Waals surface area contributed by atoms with Gasteiger partial charge in [0.2, 0.25) is 5.88 Å². The summed E-state index contributed by atoms with van der Waals surface area (Å²) in [5.74, 6) is -0.409. The molecule has 1 aliphatic heterocycles. The SMILES string of the molecule is CN(C)CCCn1c(O)c(C(Cc2ccc(C(F)(F)F)cc2C(F)(F)F)=c2ccc3c(c2)C=NN=3)sc1=O. The van der Waals surface area contributed by atoms with Crippen molar-refractivity contribution in [2.75, 3.05) is 20.6 Å². The fraction of sp³-hybridized carbons (Fsp3) is 0.320. The maximum Gasteiger partial charge on any atom is 0.416 e. The first kappa shape index (κ1) is 27.6. The predicted molar refractivity (Wildman–Crippen MR) is 131 cm³/mol. The molecule has 1 N–H and O–H groups in total. The van der Waals surface area contributed by atoms with Gasteiger partial charge in [-0.3, -0.25) is 9.36 Å². The minimum atomic E-state index is -5.07. The number of hydrogen-bond donors (Lipinski definition) is 1. The maximum absolute atomic E-state index is 13.9. The fourth-order valence-corrected chi connectivity index (χ4v) is 5.08. The quantitative estimate of drug-likeness (QED) is 0.448. The topological polar surface area (TPSA) is 70.2 Å². The molecule has 2 aromatic carbocycles. The average molecular weight is 557 g/mol. The Kier molecular flexibility index (Phi) is 7.53. The van der Waals surface area contributed by atoms with Gasteiger partial charge in [0.25, 0.3) is 0 Å². The van der Waals surface area contributed by atoms with Gasteiger partial charge in [-0.05, 0) is 67.7 Å². The average Bonchev–Trinajstić information content (AvgIpc) is 3.40. The van der Waals surface area contributed by atoms with E-state index in [9.17, 15) is 36.2 Å². The summed E-state index contributed by atoms with van der Waals surface area (Å²) in [6.07, 6.45) is -8.55. The number of fused-ring (bicyclic) bond motifs is 1. The van der Waals surface area contributed by atoms with Crippen molar-refractivity contribution < 1.29 is 31.4 Å². The highest BCUT2D eigenvalue weighted by Gasteiger charge is 2.38. The first-order valence-corrected chi connectivity index (χ1v) is 12.2. The smallest absolute Gasteiger partial charge is 0.416 e. The first-order chi connectivity index (χ1) is 17.8. The number of nitrogens with zero attached hydrogens (tertiary/aromatic N) is 4. The number of hydrogen-bond acceptors (Lipinski definition) is 6. The Morgan fingerprint density at radius 3 is 2.45 bits per heavy atom. The summed E-state index contributed by atoms with van der Waals surface area (Å²) >= 11 is 0.664. The Balaban J connectivity index is 1.90. The van der Waals surface area contributed by atoms with Crippen LogP contribution in [0.2, 0.25) is 0 Å². The molecular formula is C25H22F6N4O2S. The van der Waals surface area contributed by atoms with Crippen LogP contribution in [0.25, 0.3) is 5.57 Å². The lowest BCUT2D eigenvalue weighted by Gasteiger charge is -2.17. The van der Waals surface area contributed by atoms with Gasteiger partial charge in [0, 0.05) is 18.5 Å². The monoisotopic (exact) mass is 556 g/mol. The molecule has 0 bridgehead atoms. The van der Waals surface area contributed by atoms with Crippen LogP contribution in [0.15, 0.2) is 51.4 Å². The molecule has 0 radical (unpaired) electrons. The normalized spacial score (nSPS) is 14.1. The van der Waals surface area contributed by atoms with Crippen molar-refractivity contribution in [2.45, 2.75) is 31.7 Å². The molecule has 4 rings (SSSR count). The molecule has 202 valence electrons. The summed E-state index contributed by atoms with van der Waals surface area (Å²) in [6, 6.07) is 6.19. The second kappa shape index (κ2) is 10.4. The summed E-state index contributed by atoms with van der Waals surface area (Å²) in [4.78, 5) is 14.2. The second-order valence-corrected chi connectivity index (χ2v) is 9.93. The largest absolute Gasteiger partial charge is 0.493 e. The van der Waals surface area contributed by atoms with Gasteiger partial charge in [0.05, 0.1) is 27.6 Å². The van der Waals surface area contributed by atoms with Crippen LogP contribution < -0.4 is 15.4 Å². The zero-order valence-corrected chi connectivity index (χ0v) is 21.0. The van der Waals surface area contributed by atoms with E-state index < -0.39 is 46.2 Å². The van der Waals surface area contributed by atoms with Crippen molar-refractivity contribution in [2.24, 2.45) is 10.2 Å². The summed E-state index contributed by atoms with van der Waals surface area (Å²) < 4.78 is 82.4. The molecule has 0 amide bonds. The Morgan fingerprint density at radius 2 is 1.79 bits per heavy atom. The van der Waals surface area contributed by atoms with Crippen LogP contribution in [0.4, 0.5) is 26.3 Å². The van der Waals surface area contributed by atoms with E-state index in [1.165, 1.54) is 6.21 Å². The lowest BCUT2D eigenvalue weighted by Crippen LogP contribution is -2.19. The van der Waals surface area contributed by atoms with Gasteiger partial charge in [-0.1, -0.05) is 23.5 Å². The number of aromatic hydroxyl groups is 1. The molecule has 0 unspecified atom stereocenters. The van der Waals surface area contributed by atoms with Crippen molar-refractivity contribution in [3.05, 3.63) is 83.8 Å². The third-order valence-electron chi connectivity index (χ3n) is 5.98. The van der Waals surface area contributed by atoms with Crippen LogP contribution >= 0.6 is 11.3 Å². The summed E-state index contributed by atoms with van der Waals surface area (Å²) in [5.41, 5.74) is -2.58.